The van der Waals surface area contributed by atoms with Crippen LogP contribution in [-0.4, -0.2) is 35.8 Å². The van der Waals surface area contributed by atoms with Gasteiger partial charge in [-0.05, 0) is 48.2 Å². The van der Waals surface area contributed by atoms with Crippen molar-refractivity contribution in [1.82, 2.24) is 4.90 Å². The van der Waals surface area contributed by atoms with Gasteiger partial charge in [-0.3, -0.25) is 0 Å². The fraction of sp³-hybridized carbons (Fsp3) is 0.350. The number of hydrogen-bond acceptors (Lipinski definition) is 2. The number of rotatable bonds is 4. The van der Waals surface area contributed by atoms with Gasteiger partial charge in [0.15, 0.2) is 0 Å². The summed E-state index contributed by atoms with van der Waals surface area (Å²) < 4.78 is 13.9. The molecule has 0 radical (unpaired) electrons. The van der Waals surface area contributed by atoms with Gasteiger partial charge in [0.2, 0.25) is 0 Å². The second kappa shape index (κ2) is 7.84. The summed E-state index contributed by atoms with van der Waals surface area (Å²) in [5.41, 5.74) is 5.19. The molecule has 1 fully saturated rings. The highest BCUT2D eigenvalue weighted by Crippen LogP contribution is 2.25. The molecule has 0 saturated carbocycles. The molecule has 1 aliphatic heterocycles. The third-order valence-electron chi connectivity index (χ3n) is 4.40. The van der Waals surface area contributed by atoms with E-state index in [1.807, 2.05) is 30.2 Å². The number of nitrogens with zero attached hydrogens (tertiary/aromatic N) is 2. The van der Waals surface area contributed by atoms with Crippen LogP contribution in [0.2, 0.25) is 0 Å². The maximum absolute atomic E-state index is 13.9. The van der Waals surface area contributed by atoms with Crippen LogP contribution in [0.3, 0.4) is 0 Å². The zero-order valence-electron chi connectivity index (χ0n) is 14.3. The largest absolute Gasteiger partial charge is 0.361 e. The lowest BCUT2D eigenvalue weighted by atomic mass is 9.97. The first-order valence-corrected chi connectivity index (χ1v) is 9.48. The van der Waals surface area contributed by atoms with E-state index >= 15 is 0 Å². The Morgan fingerprint density at radius 1 is 1.08 bits per heavy atom. The maximum atomic E-state index is 13.9. The molecule has 0 aromatic heterocycles. The van der Waals surface area contributed by atoms with E-state index in [1.165, 1.54) is 17.6 Å². The van der Waals surface area contributed by atoms with Crippen LogP contribution in [0.5, 0.6) is 0 Å². The molecule has 24 heavy (non-hydrogen) atoms. The second-order valence-corrected chi connectivity index (χ2v) is 7.45. The predicted molar refractivity (Wildman–Crippen MR) is 102 cm³/mol. The first-order chi connectivity index (χ1) is 11.6. The summed E-state index contributed by atoms with van der Waals surface area (Å²) >= 11 is 2.00. The molecule has 4 heteroatoms. The van der Waals surface area contributed by atoms with E-state index in [4.69, 9.17) is 0 Å². The van der Waals surface area contributed by atoms with Gasteiger partial charge in [0, 0.05) is 31.0 Å². The van der Waals surface area contributed by atoms with Crippen molar-refractivity contribution in [3.63, 3.8) is 0 Å². The van der Waals surface area contributed by atoms with Crippen LogP contribution in [0, 0.1) is 19.7 Å². The molecule has 2 nitrogen and oxygen atoms in total. The van der Waals surface area contributed by atoms with Crippen molar-refractivity contribution in [1.29, 1.82) is 0 Å². The molecule has 2 aromatic carbocycles. The Labute approximate surface area is 147 Å². The van der Waals surface area contributed by atoms with Crippen molar-refractivity contribution >= 4 is 23.8 Å². The molecule has 0 spiro atoms. The lowest BCUT2D eigenvalue weighted by Crippen LogP contribution is -2.31. The van der Waals surface area contributed by atoms with Crippen LogP contribution in [0.4, 0.5) is 10.1 Å². The van der Waals surface area contributed by atoms with Crippen molar-refractivity contribution in [2.45, 2.75) is 20.3 Å². The van der Waals surface area contributed by atoms with E-state index in [9.17, 15) is 4.39 Å². The Kier molecular flexibility index (Phi) is 5.56. The van der Waals surface area contributed by atoms with Crippen LogP contribution in [0.15, 0.2) is 41.4 Å². The Morgan fingerprint density at radius 3 is 2.58 bits per heavy atom. The third-order valence-corrected chi connectivity index (χ3v) is 5.34. The van der Waals surface area contributed by atoms with Gasteiger partial charge in [0.05, 0.1) is 12.0 Å². The summed E-state index contributed by atoms with van der Waals surface area (Å²) in [6.07, 6.45) is 2.59. The van der Waals surface area contributed by atoms with Crippen LogP contribution in [-0.2, 0) is 6.42 Å². The highest BCUT2D eigenvalue weighted by molar-refractivity contribution is 7.99. The SMILES string of the molecule is Cc1cc(/N=C/N2CCSCC2)c(C)cc1Cc1ccccc1F. The van der Waals surface area contributed by atoms with Gasteiger partial charge in [-0.15, -0.1) is 0 Å². The average Bonchev–Trinajstić information content (AvgIpc) is 2.59. The normalized spacial score (nSPS) is 15.2. The number of thioether (sulfide) groups is 1. The first-order valence-electron chi connectivity index (χ1n) is 8.33. The lowest BCUT2D eigenvalue weighted by molar-refractivity contribution is 0.477. The smallest absolute Gasteiger partial charge is 0.126 e. The third kappa shape index (κ3) is 4.18. The summed E-state index contributed by atoms with van der Waals surface area (Å²) in [6.45, 7) is 6.28. The molecule has 2 aromatic rings. The molecule has 0 amide bonds. The van der Waals surface area contributed by atoms with Gasteiger partial charge >= 0.3 is 0 Å². The molecule has 0 atom stereocenters. The van der Waals surface area contributed by atoms with Gasteiger partial charge in [-0.1, -0.05) is 24.3 Å². The van der Waals surface area contributed by atoms with Crippen LogP contribution in [0.1, 0.15) is 22.3 Å². The molecule has 3 rings (SSSR count). The number of benzene rings is 2. The maximum Gasteiger partial charge on any atom is 0.126 e. The Hall–Kier alpha value is -1.81. The lowest BCUT2D eigenvalue weighted by Gasteiger charge is -2.23. The number of hydrogen-bond donors (Lipinski definition) is 0. The summed E-state index contributed by atoms with van der Waals surface area (Å²) in [6, 6.07) is 11.2. The van der Waals surface area contributed by atoms with Crippen molar-refractivity contribution in [3.8, 4) is 0 Å². The standard InChI is InChI=1S/C20H23FN2S/c1-15-12-20(22-14-23-7-9-24-10-8-23)16(2)11-18(15)13-17-5-3-4-6-19(17)21/h3-6,11-12,14H,7-10,13H2,1-2H3/b22-14+. The molecular weight excluding hydrogens is 319 g/mol. The Bertz CT molecular complexity index is 736. The van der Waals surface area contributed by atoms with Crippen molar-refractivity contribution in [2.24, 2.45) is 4.99 Å². The highest BCUT2D eigenvalue weighted by Gasteiger charge is 2.09. The van der Waals surface area contributed by atoms with Crippen LogP contribution in [0.25, 0.3) is 0 Å². The number of aryl methyl sites for hydroxylation is 2. The summed E-state index contributed by atoms with van der Waals surface area (Å²) in [7, 11) is 0. The van der Waals surface area contributed by atoms with Gasteiger partial charge in [0.1, 0.15) is 5.82 Å². The van der Waals surface area contributed by atoms with Crippen LogP contribution < -0.4 is 0 Å². The van der Waals surface area contributed by atoms with E-state index in [1.54, 1.807) is 6.07 Å². The predicted octanol–water partition coefficient (Wildman–Crippen LogP) is 4.74. The van der Waals surface area contributed by atoms with Crippen molar-refractivity contribution in [3.05, 3.63) is 64.5 Å². The quantitative estimate of drug-likeness (QED) is 0.589. The Balaban J connectivity index is 1.78. The second-order valence-electron chi connectivity index (χ2n) is 6.23. The van der Waals surface area contributed by atoms with E-state index in [0.29, 0.717) is 6.42 Å². The molecule has 0 N–H and O–H groups in total. The minimum Gasteiger partial charge on any atom is -0.361 e. The molecule has 1 heterocycles. The van der Waals surface area contributed by atoms with Gasteiger partial charge in [-0.25, -0.2) is 9.38 Å². The van der Waals surface area contributed by atoms with E-state index in [2.05, 4.69) is 35.9 Å². The van der Waals surface area contributed by atoms with Crippen molar-refractivity contribution < 1.29 is 4.39 Å². The van der Waals surface area contributed by atoms with Gasteiger partial charge in [-0.2, -0.15) is 11.8 Å². The summed E-state index contributed by atoms with van der Waals surface area (Å²) in [4.78, 5) is 6.95. The first kappa shape index (κ1) is 17.0. The molecular formula is C20H23FN2S. The minimum atomic E-state index is -0.139. The molecule has 0 bridgehead atoms. The summed E-state index contributed by atoms with van der Waals surface area (Å²) in [5.74, 6) is 2.21. The van der Waals surface area contributed by atoms with Gasteiger partial charge in [0.25, 0.3) is 0 Å². The molecule has 1 aliphatic rings. The van der Waals surface area contributed by atoms with E-state index in [-0.39, 0.29) is 5.82 Å². The Morgan fingerprint density at radius 2 is 1.83 bits per heavy atom. The van der Waals surface area contributed by atoms with Crippen LogP contribution >= 0.6 is 11.8 Å². The van der Waals surface area contributed by atoms with Gasteiger partial charge < -0.3 is 4.90 Å². The number of aliphatic imine (C=N–C) groups is 1. The molecule has 1 saturated heterocycles. The fourth-order valence-corrected chi connectivity index (χ4v) is 3.81. The fourth-order valence-electron chi connectivity index (χ4n) is 2.87. The zero-order valence-corrected chi connectivity index (χ0v) is 15.1. The van der Waals surface area contributed by atoms with Crippen molar-refractivity contribution in [2.75, 3.05) is 24.6 Å². The zero-order chi connectivity index (χ0) is 16.9. The van der Waals surface area contributed by atoms with E-state index in [0.717, 1.165) is 41.0 Å². The molecule has 0 unspecified atom stereocenters. The minimum absolute atomic E-state index is 0.139. The highest BCUT2D eigenvalue weighted by atomic mass is 32.2. The molecule has 0 aliphatic carbocycles. The average molecular weight is 342 g/mol. The molecule has 126 valence electrons. The summed E-state index contributed by atoms with van der Waals surface area (Å²) in [5, 5.41) is 0. The topological polar surface area (TPSA) is 15.6 Å². The number of halogens is 1. The van der Waals surface area contributed by atoms with E-state index < -0.39 is 0 Å². The monoisotopic (exact) mass is 342 g/mol.